The summed E-state index contributed by atoms with van der Waals surface area (Å²) in [6.45, 7) is 8.91. The molecular formula is C20H33N3O3. The van der Waals surface area contributed by atoms with Gasteiger partial charge in [-0.15, -0.1) is 0 Å². The Kier molecular flexibility index (Phi) is 9.28. The second-order valence-electron chi connectivity index (χ2n) is 6.82. The van der Waals surface area contributed by atoms with Crippen molar-refractivity contribution in [3.05, 3.63) is 29.8 Å². The van der Waals surface area contributed by atoms with Gasteiger partial charge in [0.2, 0.25) is 0 Å². The van der Waals surface area contributed by atoms with Gasteiger partial charge in [0.1, 0.15) is 5.75 Å². The van der Waals surface area contributed by atoms with Gasteiger partial charge in [0, 0.05) is 39.3 Å². The summed E-state index contributed by atoms with van der Waals surface area (Å²) in [6, 6.07) is 8.14. The molecule has 1 aromatic rings. The standard InChI is InChI=1S/C20H33N3O3/c1-16(2)26-19-7-5-17(6-8-19)13-23-20(21-3)22-10-4-11-24-14-18-9-12-25-15-18/h5-8,16,18H,4,9-15H2,1-3H3,(H2,21,22,23). The van der Waals surface area contributed by atoms with Gasteiger partial charge < -0.3 is 24.8 Å². The Morgan fingerprint density at radius 1 is 1.27 bits per heavy atom. The predicted molar refractivity (Wildman–Crippen MR) is 105 cm³/mol. The summed E-state index contributed by atoms with van der Waals surface area (Å²) in [5, 5.41) is 6.64. The Labute approximate surface area is 157 Å². The van der Waals surface area contributed by atoms with Crippen LogP contribution in [0.5, 0.6) is 5.75 Å². The summed E-state index contributed by atoms with van der Waals surface area (Å²) in [7, 11) is 1.78. The third kappa shape index (κ3) is 8.06. The van der Waals surface area contributed by atoms with Crippen LogP contribution < -0.4 is 15.4 Å². The lowest BCUT2D eigenvalue weighted by Crippen LogP contribution is -2.37. The smallest absolute Gasteiger partial charge is 0.191 e. The zero-order chi connectivity index (χ0) is 18.6. The van der Waals surface area contributed by atoms with Gasteiger partial charge in [0.15, 0.2) is 5.96 Å². The molecule has 1 saturated heterocycles. The number of aliphatic imine (C=N–C) groups is 1. The molecule has 146 valence electrons. The number of rotatable bonds is 10. The number of hydrogen-bond acceptors (Lipinski definition) is 4. The van der Waals surface area contributed by atoms with Gasteiger partial charge in [-0.3, -0.25) is 4.99 Å². The first-order valence-corrected chi connectivity index (χ1v) is 9.53. The highest BCUT2D eigenvalue weighted by molar-refractivity contribution is 5.79. The molecule has 1 fully saturated rings. The van der Waals surface area contributed by atoms with E-state index in [-0.39, 0.29) is 6.10 Å². The quantitative estimate of drug-likeness (QED) is 0.380. The normalized spacial score (nSPS) is 17.5. The first-order valence-electron chi connectivity index (χ1n) is 9.53. The number of nitrogens with zero attached hydrogens (tertiary/aromatic N) is 1. The van der Waals surface area contributed by atoms with Crippen molar-refractivity contribution >= 4 is 5.96 Å². The molecule has 2 N–H and O–H groups in total. The van der Waals surface area contributed by atoms with E-state index in [0.29, 0.717) is 5.92 Å². The lowest BCUT2D eigenvalue weighted by Gasteiger charge is -2.13. The Balaban J connectivity index is 1.57. The molecule has 1 aliphatic rings. The minimum Gasteiger partial charge on any atom is -0.491 e. The monoisotopic (exact) mass is 363 g/mol. The van der Waals surface area contributed by atoms with Crippen LogP contribution in [-0.2, 0) is 16.0 Å². The van der Waals surface area contributed by atoms with Gasteiger partial charge in [-0.25, -0.2) is 0 Å². The summed E-state index contributed by atoms with van der Waals surface area (Å²) in [4.78, 5) is 4.25. The lowest BCUT2D eigenvalue weighted by molar-refractivity contribution is 0.0888. The first-order chi connectivity index (χ1) is 12.7. The van der Waals surface area contributed by atoms with Crippen LogP contribution >= 0.6 is 0 Å². The molecule has 1 aliphatic heterocycles. The Bertz CT molecular complexity index is 526. The van der Waals surface area contributed by atoms with Crippen molar-refractivity contribution in [1.82, 2.24) is 10.6 Å². The highest BCUT2D eigenvalue weighted by atomic mass is 16.5. The SMILES string of the molecule is CN=C(NCCCOCC1CCOC1)NCc1ccc(OC(C)C)cc1. The number of ether oxygens (including phenoxy) is 3. The Hall–Kier alpha value is -1.79. The van der Waals surface area contributed by atoms with Crippen LogP contribution in [0.25, 0.3) is 0 Å². The van der Waals surface area contributed by atoms with Gasteiger partial charge in [0.05, 0.1) is 19.3 Å². The van der Waals surface area contributed by atoms with E-state index in [9.17, 15) is 0 Å². The minimum absolute atomic E-state index is 0.192. The van der Waals surface area contributed by atoms with Gasteiger partial charge in [-0.05, 0) is 44.4 Å². The van der Waals surface area contributed by atoms with E-state index in [2.05, 4.69) is 27.8 Å². The Morgan fingerprint density at radius 3 is 2.73 bits per heavy atom. The lowest BCUT2D eigenvalue weighted by atomic mass is 10.1. The van der Waals surface area contributed by atoms with Gasteiger partial charge in [-0.2, -0.15) is 0 Å². The van der Waals surface area contributed by atoms with Crippen molar-refractivity contribution < 1.29 is 14.2 Å². The second kappa shape index (κ2) is 11.8. The third-order valence-corrected chi connectivity index (χ3v) is 4.11. The number of nitrogens with one attached hydrogen (secondary N) is 2. The van der Waals surface area contributed by atoms with E-state index in [0.717, 1.165) is 64.1 Å². The van der Waals surface area contributed by atoms with Crippen molar-refractivity contribution in [3.63, 3.8) is 0 Å². The predicted octanol–water partition coefficient (Wildman–Crippen LogP) is 2.58. The van der Waals surface area contributed by atoms with Crippen LogP contribution in [0.1, 0.15) is 32.3 Å². The van der Waals surface area contributed by atoms with E-state index in [1.54, 1.807) is 7.05 Å². The van der Waals surface area contributed by atoms with Gasteiger partial charge in [0.25, 0.3) is 0 Å². The molecule has 0 amide bonds. The molecule has 6 nitrogen and oxygen atoms in total. The van der Waals surface area contributed by atoms with Crippen LogP contribution in [-0.4, -0.2) is 52.1 Å². The molecule has 6 heteroatoms. The number of benzene rings is 1. The summed E-state index contributed by atoms with van der Waals surface area (Å²) >= 11 is 0. The van der Waals surface area contributed by atoms with Crippen LogP contribution in [0.3, 0.4) is 0 Å². The maximum Gasteiger partial charge on any atom is 0.191 e. The maximum atomic E-state index is 5.71. The van der Waals surface area contributed by atoms with Crippen molar-refractivity contribution in [2.24, 2.45) is 10.9 Å². The molecule has 1 unspecified atom stereocenters. The molecule has 0 aliphatic carbocycles. The molecule has 26 heavy (non-hydrogen) atoms. The molecule has 1 aromatic carbocycles. The fourth-order valence-corrected chi connectivity index (χ4v) is 2.71. The largest absolute Gasteiger partial charge is 0.491 e. The van der Waals surface area contributed by atoms with E-state index < -0.39 is 0 Å². The van der Waals surface area contributed by atoms with Crippen LogP contribution in [0, 0.1) is 5.92 Å². The molecule has 0 saturated carbocycles. The van der Waals surface area contributed by atoms with Crippen LogP contribution in [0.4, 0.5) is 0 Å². The van der Waals surface area contributed by atoms with E-state index in [4.69, 9.17) is 14.2 Å². The van der Waals surface area contributed by atoms with Crippen LogP contribution in [0.2, 0.25) is 0 Å². The molecule has 2 rings (SSSR count). The average molecular weight is 364 g/mol. The fourth-order valence-electron chi connectivity index (χ4n) is 2.71. The topological polar surface area (TPSA) is 64.1 Å². The molecule has 1 heterocycles. The second-order valence-corrected chi connectivity index (χ2v) is 6.82. The van der Waals surface area contributed by atoms with E-state index >= 15 is 0 Å². The Morgan fingerprint density at radius 2 is 2.08 bits per heavy atom. The molecule has 0 aromatic heterocycles. The summed E-state index contributed by atoms with van der Waals surface area (Å²) in [5.74, 6) is 2.28. The number of hydrogen-bond donors (Lipinski definition) is 2. The highest BCUT2D eigenvalue weighted by Crippen LogP contribution is 2.14. The first kappa shape index (κ1) is 20.5. The van der Waals surface area contributed by atoms with Gasteiger partial charge >= 0.3 is 0 Å². The van der Waals surface area contributed by atoms with E-state index in [1.165, 1.54) is 5.56 Å². The highest BCUT2D eigenvalue weighted by Gasteiger charge is 2.15. The molecule has 0 spiro atoms. The summed E-state index contributed by atoms with van der Waals surface area (Å²) in [5.41, 5.74) is 1.19. The van der Waals surface area contributed by atoms with Gasteiger partial charge in [-0.1, -0.05) is 12.1 Å². The van der Waals surface area contributed by atoms with Crippen molar-refractivity contribution in [2.75, 3.05) is 40.0 Å². The maximum absolute atomic E-state index is 5.71. The van der Waals surface area contributed by atoms with Crippen molar-refractivity contribution in [3.8, 4) is 5.75 Å². The average Bonchev–Trinajstić information content (AvgIpc) is 3.14. The molecular weight excluding hydrogens is 330 g/mol. The summed E-state index contributed by atoms with van der Waals surface area (Å²) in [6.07, 6.45) is 2.27. The zero-order valence-corrected chi connectivity index (χ0v) is 16.3. The van der Waals surface area contributed by atoms with Crippen molar-refractivity contribution in [2.45, 2.75) is 39.3 Å². The number of guanidine groups is 1. The molecule has 0 radical (unpaired) electrons. The summed E-state index contributed by atoms with van der Waals surface area (Å²) < 4.78 is 16.7. The fraction of sp³-hybridized carbons (Fsp3) is 0.650. The van der Waals surface area contributed by atoms with Crippen molar-refractivity contribution in [1.29, 1.82) is 0 Å². The van der Waals surface area contributed by atoms with Crippen LogP contribution in [0.15, 0.2) is 29.3 Å². The molecule has 0 bridgehead atoms. The zero-order valence-electron chi connectivity index (χ0n) is 16.3. The third-order valence-electron chi connectivity index (χ3n) is 4.11. The van der Waals surface area contributed by atoms with E-state index in [1.807, 2.05) is 26.0 Å². The minimum atomic E-state index is 0.192. The molecule has 1 atom stereocenters.